The van der Waals surface area contributed by atoms with Gasteiger partial charge in [0, 0.05) is 19.5 Å². The summed E-state index contributed by atoms with van der Waals surface area (Å²) in [5.41, 5.74) is 0.437. The predicted molar refractivity (Wildman–Crippen MR) is 77.1 cm³/mol. The van der Waals surface area contributed by atoms with Crippen LogP contribution in [0.3, 0.4) is 0 Å². The van der Waals surface area contributed by atoms with Gasteiger partial charge >= 0.3 is 0 Å². The second kappa shape index (κ2) is 6.76. The summed E-state index contributed by atoms with van der Waals surface area (Å²) in [5, 5.41) is 3.36. The molecule has 0 saturated carbocycles. The van der Waals surface area contributed by atoms with Crippen LogP contribution in [-0.2, 0) is 4.79 Å². The first-order chi connectivity index (χ1) is 8.07. The summed E-state index contributed by atoms with van der Waals surface area (Å²) in [7, 11) is 0. The van der Waals surface area contributed by atoms with E-state index in [0.717, 1.165) is 57.8 Å². The number of nitrogens with one attached hydrogen (secondary N) is 1. The van der Waals surface area contributed by atoms with Crippen molar-refractivity contribution in [1.82, 2.24) is 10.2 Å². The maximum absolute atomic E-state index is 12.1. The van der Waals surface area contributed by atoms with Crippen LogP contribution in [0.4, 0.5) is 0 Å². The molecule has 1 unspecified atom stereocenters. The Morgan fingerprint density at radius 1 is 1.33 bits per heavy atom. The van der Waals surface area contributed by atoms with Gasteiger partial charge in [-0.3, -0.25) is 4.79 Å². The molecule has 2 fully saturated rings. The van der Waals surface area contributed by atoms with Crippen LogP contribution in [0.1, 0.15) is 46.0 Å². The number of carbonyl (C=O) groups is 1. The van der Waals surface area contributed by atoms with Crippen molar-refractivity contribution in [2.45, 2.75) is 46.0 Å². The molecular weight excluding hydrogens is 248 g/mol. The van der Waals surface area contributed by atoms with Crippen LogP contribution in [-0.4, -0.2) is 37.0 Å². The van der Waals surface area contributed by atoms with Gasteiger partial charge in [0.2, 0.25) is 5.91 Å². The fraction of sp³-hybridized carbons (Fsp3) is 0.929. The molecule has 1 amide bonds. The maximum atomic E-state index is 12.1. The van der Waals surface area contributed by atoms with Gasteiger partial charge in [0.15, 0.2) is 0 Å². The van der Waals surface area contributed by atoms with E-state index in [2.05, 4.69) is 24.1 Å². The summed E-state index contributed by atoms with van der Waals surface area (Å²) in [6, 6.07) is 0. The molecule has 0 aromatic heterocycles. The highest BCUT2D eigenvalue weighted by molar-refractivity contribution is 5.85. The Morgan fingerprint density at radius 2 is 2.00 bits per heavy atom. The van der Waals surface area contributed by atoms with Crippen molar-refractivity contribution >= 4 is 18.3 Å². The van der Waals surface area contributed by atoms with Crippen LogP contribution >= 0.6 is 12.4 Å². The lowest BCUT2D eigenvalue weighted by Crippen LogP contribution is -2.41. The van der Waals surface area contributed by atoms with Gasteiger partial charge in [-0.1, -0.05) is 13.8 Å². The van der Waals surface area contributed by atoms with Crippen molar-refractivity contribution < 1.29 is 4.79 Å². The van der Waals surface area contributed by atoms with E-state index in [4.69, 9.17) is 0 Å². The molecule has 0 spiro atoms. The van der Waals surface area contributed by atoms with E-state index in [1.165, 1.54) is 6.42 Å². The third-order valence-electron chi connectivity index (χ3n) is 4.40. The Labute approximate surface area is 117 Å². The first-order valence-corrected chi connectivity index (χ1v) is 7.05. The third-order valence-corrected chi connectivity index (χ3v) is 4.40. The Bertz CT molecular complexity index is 265. The molecule has 2 rings (SSSR count). The number of amides is 1. The molecule has 3 nitrogen and oxygen atoms in total. The zero-order valence-electron chi connectivity index (χ0n) is 11.7. The number of hydrogen-bond donors (Lipinski definition) is 1. The minimum Gasteiger partial charge on any atom is -0.343 e. The quantitative estimate of drug-likeness (QED) is 0.857. The Kier molecular flexibility index (Phi) is 5.93. The minimum absolute atomic E-state index is 0. The molecule has 2 heterocycles. The molecule has 0 bridgehead atoms. The first kappa shape index (κ1) is 15.8. The molecular formula is C14H27ClN2O. The van der Waals surface area contributed by atoms with Crippen LogP contribution in [0.25, 0.3) is 0 Å². The van der Waals surface area contributed by atoms with Gasteiger partial charge in [-0.25, -0.2) is 0 Å². The molecule has 1 N–H and O–H groups in total. The van der Waals surface area contributed by atoms with E-state index in [1.54, 1.807) is 0 Å². The van der Waals surface area contributed by atoms with Gasteiger partial charge in [-0.15, -0.1) is 12.4 Å². The van der Waals surface area contributed by atoms with Crippen LogP contribution in [0.15, 0.2) is 0 Å². The van der Waals surface area contributed by atoms with E-state index in [0.29, 0.717) is 11.3 Å². The smallest absolute Gasteiger partial charge is 0.222 e. The lowest BCUT2D eigenvalue weighted by atomic mass is 9.82. The molecule has 2 aliphatic rings. The van der Waals surface area contributed by atoms with Crippen molar-refractivity contribution in [3.63, 3.8) is 0 Å². The average Bonchev–Trinajstić information content (AvgIpc) is 2.78. The van der Waals surface area contributed by atoms with Gasteiger partial charge in [-0.2, -0.15) is 0 Å². The summed E-state index contributed by atoms with van der Waals surface area (Å²) in [5.74, 6) is 1.12. The monoisotopic (exact) mass is 274 g/mol. The van der Waals surface area contributed by atoms with Crippen molar-refractivity contribution in [2.24, 2.45) is 11.3 Å². The van der Waals surface area contributed by atoms with Crippen LogP contribution in [0.2, 0.25) is 0 Å². The van der Waals surface area contributed by atoms with Gasteiger partial charge in [0.05, 0.1) is 0 Å². The number of carbonyl (C=O) groups excluding carboxylic acids is 1. The highest BCUT2D eigenvalue weighted by Gasteiger charge is 2.28. The largest absolute Gasteiger partial charge is 0.343 e. The number of rotatable bonds is 3. The summed E-state index contributed by atoms with van der Waals surface area (Å²) < 4.78 is 0. The molecule has 2 saturated heterocycles. The van der Waals surface area contributed by atoms with Crippen LogP contribution in [0.5, 0.6) is 0 Å². The second-order valence-corrected chi connectivity index (χ2v) is 6.44. The van der Waals surface area contributed by atoms with Crippen LogP contribution in [0, 0.1) is 11.3 Å². The SMILES string of the molecule is CC1(C)CCN(C(=O)CCC2CCNC2)CC1.Cl. The molecule has 1 atom stereocenters. The topological polar surface area (TPSA) is 32.3 Å². The molecule has 0 radical (unpaired) electrons. The average molecular weight is 275 g/mol. The van der Waals surface area contributed by atoms with Crippen molar-refractivity contribution in [3.05, 3.63) is 0 Å². The highest BCUT2D eigenvalue weighted by atomic mass is 35.5. The van der Waals surface area contributed by atoms with E-state index >= 15 is 0 Å². The zero-order chi connectivity index (χ0) is 12.3. The minimum atomic E-state index is 0. The summed E-state index contributed by atoms with van der Waals surface area (Å²) in [4.78, 5) is 14.1. The number of nitrogens with zero attached hydrogens (tertiary/aromatic N) is 1. The van der Waals surface area contributed by atoms with E-state index in [1.807, 2.05) is 0 Å². The fourth-order valence-corrected chi connectivity index (χ4v) is 2.81. The van der Waals surface area contributed by atoms with Crippen molar-refractivity contribution in [3.8, 4) is 0 Å². The zero-order valence-corrected chi connectivity index (χ0v) is 12.5. The summed E-state index contributed by atoms with van der Waals surface area (Å²) >= 11 is 0. The van der Waals surface area contributed by atoms with Crippen molar-refractivity contribution in [1.29, 1.82) is 0 Å². The normalized spacial score (nSPS) is 26.8. The van der Waals surface area contributed by atoms with Gasteiger partial charge in [0.1, 0.15) is 0 Å². The van der Waals surface area contributed by atoms with Gasteiger partial charge in [0.25, 0.3) is 0 Å². The number of hydrogen-bond acceptors (Lipinski definition) is 2. The first-order valence-electron chi connectivity index (χ1n) is 7.05. The predicted octanol–water partition coefficient (Wildman–Crippen LogP) is 2.45. The summed E-state index contributed by atoms with van der Waals surface area (Å²) in [6.07, 6.45) is 5.40. The third kappa shape index (κ3) is 4.43. The van der Waals surface area contributed by atoms with Gasteiger partial charge in [-0.05, 0) is 50.1 Å². The standard InChI is InChI=1S/C14H26N2O.ClH/c1-14(2)6-9-16(10-7-14)13(17)4-3-12-5-8-15-11-12;/h12,15H,3-11H2,1-2H3;1H. The van der Waals surface area contributed by atoms with Gasteiger partial charge < -0.3 is 10.2 Å². The molecule has 0 aromatic carbocycles. The number of likely N-dealkylation sites (tertiary alicyclic amines) is 1. The molecule has 18 heavy (non-hydrogen) atoms. The van der Waals surface area contributed by atoms with Crippen molar-refractivity contribution in [2.75, 3.05) is 26.2 Å². The van der Waals surface area contributed by atoms with E-state index in [9.17, 15) is 4.79 Å². The Morgan fingerprint density at radius 3 is 2.56 bits per heavy atom. The number of halogens is 1. The maximum Gasteiger partial charge on any atom is 0.222 e. The van der Waals surface area contributed by atoms with Crippen LogP contribution < -0.4 is 5.32 Å². The lowest BCUT2D eigenvalue weighted by molar-refractivity contribution is -0.133. The highest BCUT2D eigenvalue weighted by Crippen LogP contribution is 2.30. The lowest BCUT2D eigenvalue weighted by Gasteiger charge is -2.37. The molecule has 0 aromatic rings. The number of piperidine rings is 1. The molecule has 4 heteroatoms. The second-order valence-electron chi connectivity index (χ2n) is 6.44. The van der Waals surface area contributed by atoms with E-state index < -0.39 is 0 Å². The Hall–Kier alpha value is -0.280. The Balaban J connectivity index is 0.00000162. The summed E-state index contributed by atoms with van der Waals surface area (Å²) in [6.45, 7) is 8.79. The molecule has 0 aliphatic carbocycles. The molecule has 2 aliphatic heterocycles. The fourth-order valence-electron chi connectivity index (χ4n) is 2.81. The van der Waals surface area contributed by atoms with E-state index in [-0.39, 0.29) is 12.4 Å². The molecule has 106 valence electrons.